The third-order valence-corrected chi connectivity index (χ3v) is 4.53. The van der Waals surface area contributed by atoms with Gasteiger partial charge in [-0.2, -0.15) is 9.97 Å². The molecule has 1 aromatic carbocycles. The summed E-state index contributed by atoms with van der Waals surface area (Å²) in [6.45, 7) is 2.74. The van der Waals surface area contributed by atoms with Gasteiger partial charge in [0, 0.05) is 5.02 Å². The maximum Gasteiger partial charge on any atom is 0.281 e. The highest BCUT2D eigenvalue weighted by molar-refractivity contribution is 6.36. The normalized spacial score (nSPS) is 11.5. The molecule has 1 aromatic heterocycles. The van der Waals surface area contributed by atoms with Gasteiger partial charge in [-0.3, -0.25) is 14.9 Å². The highest BCUT2D eigenvalue weighted by Gasteiger charge is 2.19. The second-order valence-electron chi connectivity index (χ2n) is 6.35. The first-order chi connectivity index (χ1) is 14.3. The molecule has 0 bridgehead atoms. The van der Waals surface area contributed by atoms with Crippen molar-refractivity contribution in [2.45, 2.75) is 13.3 Å². The quantitative estimate of drug-likeness (QED) is 0.501. The van der Waals surface area contributed by atoms with Crippen LogP contribution >= 0.6 is 23.2 Å². The lowest BCUT2D eigenvalue weighted by Crippen LogP contribution is -3.14. The minimum atomic E-state index is -0.342. The number of methoxy groups -OCH3 is 2. The Morgan fingerprint density at radius 3 is 2.13 bits per heavy atom. The largest absolute Gasteiger partial charge is 0.481 e. The second-order valence-corrected chi connectivity index (χ2v) is 7.19. The number of quaternary nitrogens is 1. The molecule has 1 atom stereocenters. The Hall–Kier alpha value is -2.62. The van der Waals surface area contributed by atoms with Gasteiger partial charge in [-0.1, -0.05) is 30.1 Å². The molecular formula is C19H24Cl2N5O4+. The van der Waals surface area contributed by atoms with Crippen molar-refractivity contribution in [2.24, 2.45) is 0 Å². The predicted molar refractivity (Wildman–Crippen MR) is 115 cm³/mol. The third-order valence-electron chi connectivity index (χ3n) is 3.98. The van der Waals surface area contributed by atoms with Crippen LogP contribution in [0, 0.1) is 0 Å². The number of carbonyl (C=O) groups is 2. The lowest BCUT2D eigenvalue weighted by Gasteiger charge is -2.18. The molecule has 0 aliphatic heterocycles. The highest BCUT2D eigenvalue weighted by atomic mass is 35.5. The summed E-state index contributed by atoms with van der Waals surface area (Å²) < 4.78 is 10.1. The Balaban J connectivity index is 1.98. The van der Waals surface area contributed by atoms with Crippen molar-refractivity contribution in [3.05, 3.63) is 34.3 Å². The van der Waals surface area contributed by atoms with E-state index in [1.54, 1.807) is 18.2 Å². The van der Waals surface area contributed by atoms with E-state index in [0.717, 1.165) is 11.3 Å². The topological polar surface area (TPSA) is 107 Å². The van der Waals surface area contributed by atoms with Crippen LogP contribution in [0.4, 0.5) is 11.6 Å². The molecule has 0 spiro atoms. The molecule has 1 unspecified atom stereocenters. The van der Waals surface area contributed by atoms with Gasteiger partial charge in [0.1, 0.15) is 0 Å². The molecule has 0 saturated carbocycles. The van der Waals surface area contributed by atoms with Crippen LogP contribution in [0.25, 0.3) is 0 Å². The number of ether oxygens (including phenoxy) is 2. The van der Waals surface area contributed by atoms with Crippen LogP contribution in [0.1, 0.15) is 13.3 Å². The van der Waals surface area contributed by atoms with E-state index in [4.69, 9.17) is 32.7 Å². The number of nitrogens with one attached hydrogen (secondary N) is 3. The van der Waals surface area contributed by atoms with Gasteiger partial charge in [0.2, 0.25) is 17.7 Å². The number of aromatic nitrogens is 2. The number of rotatable bonds is 10. The summed E-state index contributed by atoms with van der Waals surface area (Å²) in [5.74, 6) is -0.0337. The average Bonchev–Trinajstić information content (AvgIpc) is 2.69. The Labute approximate surface area is 184 Å². The number of carbonyl (C=O) groups excluding carboxylic acids is 2. The number of halogens is 2. The fourth-order valence-electron chi connectivity index (χ4n) is 2.67. The summed E-state index contributed by atoms with van der Waals surface area (Å²) in [5, 5.41) is 6.17. The van der Waals surface area contributed by atoms with Gasteiger partial charge < -0.3 is 19.7 Å². The van der Waals surface area contributed by atoms with E-state index < -0.39 is 0 Å². The molecule has 0 radical (unpaired) electrons. The van der Waals surface area contributed by atoms with Gasteiger partial charge in [0.15, 0.2) is 13.1 Å². The minimum Gasteiger partial charge on any atom is -0.481 e. The predicted octanol–water partition coefficient (Wildman–Crippen LogP) is 1.67. The SMILES string of the molecule is CCC[NH+](CC(=O)Nc1nc(OC)cc(OC)n1)CC(=O)Nc1ccc(Cl)cc1Cl. The average molecular weight is 457 g/mol. The van der Waals surface area contributed by atoms with Crippen molar-refractivity contribution in [3.8, 4) is 11.8 Å². The van der Waals surface area contributed by atoms with Gasteiger partial charge in [-0.15, -0.1) is 0 Å². The van der Waals surface area contributed by atoms with Gasteiger partial charge >= 0.3 is 0 Å². The summed E-state index contributed by atoms with van der Waals surface area (Å²) in [6, 6.07) is 6.31. The zero-order valence-corrected chi connectivity index (χ0v) is 18.4. The molecule has 3 N–H and O–H groups in total. The maximum atomic E-state index is 12.5. The molecule has 0 saturated heterocycles. The highest BCUT2D eigenvalue weighted by Crippen LogP contribution is 2.25. The van der Waals surface area contributed by atoms with Crippen LogP contribution in [0.3, 0.4) is 0 Å². The fraction of sp³-hybridized carbons (Fsp3) is 0.368. The van der Waals surface area contributed by atoms with E-state index in [1.165, 1.54) is 20.3 Å². The maximum absolute atomic E-state index is 12.5. The molecule has 11 heteroatoms. The fourth-order valence-corrected chi connectivity index (χ4v) is 3.13. The number of amides is 2. The first-order valence-electron chi connectivity index (χ1n) is 9.20. The van der Waals surface area contributed by atoms with E-state index >= 15 is 0 Å². The van der Waals surface area contributed by atoms with Crippen LogP contribution in [-0.2, 0) is 9.59 Å². The number of hydrogen-bond acceptors (Lipinski definition) is 6. The molecule has 9 nitrogen and oxygen atoms in total. The Morgan fingerprint density at radius 1 is 1.00 bits per heavy atom. The van der Waals surface area contributed by atoms with Crippen LogP contribution in [-0.4, -0.2) is 55.6 Å². The standard InChI is InChI=1S/C19H23Cl2N5O4/c1-4-7-26(10-15(27)22-14-6-5-12(20)8-13(14)21)11-16(28)23-19-24-17(29-2)9-18(25-19)30-3/h5-6,8-9H,4,7,10-11H2,1-3H3,(H,22,27)(H,23,24,25,28)/p+1. The van der Waals surface area contributed by atoms with Crippen molar-refractivity contribution in [1.82, 2.24) is 9.97 Å². The number of benzene rings is 1. The van der Waals surface area contributed by atoms with E-state index in [9.17, 15) is 9.59 Å². The van der Waals surface area contributed by atoms with Crippen molar-refractivity contribution < 1.29 is 24.0 Å². The number of anilines is 2. The van der Waals surface area contributed by atoms with E-state index in [0.29, 0.717) is 22.3 Å². The van der Waals surface area contributed by atoms with E-state index in [2.05, 4.69) is 20.6 Å². The van der Waals surface area contributed by atoms with Crippen molar-refractivity contribution in [2.75, 3.05) is 44.5 Å². The molecule has 162 valence electrons. The molecule has 2 rings (SSSR count). The smallest absolute Gasteiger partial charge is 0.281 e. The molecule has 30 heavy (non-hydrogen) atoms. The number of nitrogens with zero attached hydrogens (tertiary/aromatic N) is 2. The first kappa shape index (κ1) is 23.7. The zero-order chi connectivity index (χ0) is 22.1. The molecular weight excluding hydrogens is 433 g/mol. The van der Waals surface area contributed by atoms with Gasteiger partial charge in [0.25, 0.3) is 11.8 Å². The summed E-state index contributed by atoms with van der Waals surface area (Å²) >= 11 is 12.0. The molecule has 0 fully saturated rings. The summed E-state index contributed by atoms with van der Waals surface area (Å²) in [7, 11) is 2.90. The zero-order valence-electron chi connectivity index (χ0n) is 16.9. The number of hydrogen-bond donors (Lipinski definition) is 3. The molecule has 0 aliphatic rings. The molecule has 2 amide bonds. The van der Waals surface area contributed by atoms with Crippen molar-refractivity contribution >= 4 is 46.7 Å². The summed E-state index contributed by atoms with van der Waals surface area (Å²) in [5.41, 5.74) is 0.461. The van der Waals surface area contributed by atoms with Crippen molar-refractivity contribution in [1.29, 1.82) is 0 Å². The first-order valence-corrected chi connectivity index (χ1v) is 9.95. The monoisotopic (exact) mass is 456 g/mol. The second kappa shape index (κ2) is 11.5. The molecule has 1 heterocycles. The van der Waals surface area contributed by atoms with Crippen LogP contribution < -0.4 is 25.0 Å². The minimum absolute atomic E-state index is 0.0541. The Kier molecular flexibility index (Phi) is 9.10. The Bertz CT molecular complexity index is 875. The summed E-state index contributed by atoms with van der Waals surface area (Å²) in [6.07, 6.45) is 0.793. The van der Waals surface area contributed by atoms with Gasteiger partial charge in [-0.05, 0) is 24.6 Å². The van der Waals surface area contributed by atoms with E-state index in [1.807, 2.05) is 6.92 Å². The Morgan fingerprint density at radius 2 is 1.60 bits per heavy atom. The molecule has 0 aliphatic carbocycles. The van der Waals surface area contributed by atoms with Gasteiger partial charge in [-0.25, -0.2) is 0 Å². The third kappa shape index (κ3) is 7.33. The van der Waals surface area contributed by atoms with Crippen LogP contribution in [0.5, 0.6) is 11.8 Å². The molecule has 2 aromatic rings. The van der Waals surface area contributed by atoms with Crippen LogP contribution in [0.2, 0.25) is 10.0 Å². The lowest BCUT2D eigenvalue weighted by atomic mass is 10.3. The summed E-state index contributed by atoms with van der Waals surface area (Å²) in [4.78, 5) is 33.8. The van der Waals surface area contributed by atoms with Crippen LogP contribution in [0.15, 0.2) is 24.3 Å². The van der Waals surface area contributed by atoms with Crippen molar-refractivity contribution in [3.63, 3.8) is 0 Å². The lowest BCUT2D eigenvalue weighted by molar-refractivity contribution is -0.883. The van der Waals surface area contributed by atoms with E-state index in [-0.39, 0.29) is 42.6 Å². The van der Waals surface area contributed by atoms with Gasteiger partial charge in [0.05, 0.1) is 37.5 Å².